The largest absolute Gasteiger partial charge is 0.395 e. The molecule has 0 fully saturated rings. The van der Waals surface area contributed by atoms with Gasteiger partial charge in [-0.1, -0.05) is 11.6 Å². The Morgan fingerprint density at radius 1 is 1.39 bits per heavy atom. The summed E-state index contributed by atoms with van der Waals surface area (Å²) in [7, 11) is -4.00. The number of nitriles is 1. The van der Waals surface area contributed by atoms with Crippen molar-refractivity contribution < 1.29 is 18.6 Å². The number of halogens is 1. The van der Waals surface area contributed by atoms with Gasteiger partial charge in [-0.3, -0.25) is 0 Å². The fourth-order valence-corrected chi connectivity index (χ4v) is 2.94. The van der Waals surface area contributed by atoms with Crippen LogP contribution in [-0.4, -0.2) is 37.9 Å². The predicted octanol–water partition coefficient (Wildman–Crippen LogP) is -0.157. The van der Waals surface area contributed by atoms with Crippen molar-refractivity contribution in [2.45, 2.75) is 10.9 Å². The van der Waals surface area contributed by atoms with Crippen molar-refractivity contribution in [2.24, 2.45) is 0 Å². The van der Waals surface area contributed by atoms with E-state index >= 15 is 0 Å². The van der Waals surface area contributed by atoms with Crippen molar-refractivity contribution in [3.63, 3.8) is 0 Å². The van der Waals surface area contributed by atoms with Crippen LogP contribution in [0.3, 0.4) is 0 Å². The molecule has 1 aromatic rings. The lowest BCUT2D eigenvalue weighted by molar-refractivity contribution is 0.185. The average Bonchev–Trinajstić information content (AvgIpc) is 2.36. The lowest BCUT2D eigenvalue weighted by Gasteiger charge is -2.14. The summed E-state index contributed by atoms with van der Waals surface area (Å²) in [6.45, 7) is -1.10. The number of nitrogens with one attached hydrogen (secondary N) is 1. The minimum Gasteiger partial charge on any atom is -0.395 e. The first-order valence-corrected chi connectivity index (χ1v) is 6.74. The van der Waals surface area contributed by atoms with Crippen LogP contribution < -0.4 is 4.72 Å². The van der Waals surface area contributed by atoms with E-state index in [9.17, 15) is 8.42 Å². The van der Waals surface area contributed by atoms with Crippen molar-refractivity contribution in [1.82, 2.24) is 4.72 Å². The van der Waals surface area contributed by atoms with E-state index in [2.05, 4.69) is 4.72 Å². The van der Waals surface area contributed by atoms with Gasteiger partial charge in [0.25, 0.3) is 0 Å². The summed E-state index contributed by atoms with van der Waals surface area (Å²) >= 11 is 5.75. The van der Waals surface area contributed by atoms with Crippen LogP contribution >= 0.6 is 11.6 Å². The van der Waals surface area contributed by atoms with Gasteiger partial charge in [0, 0.05) is 0 Å². The summed E-state index contributed by atoms with van der Waals surface area (Å²) in [5.41, 5.74) is 0.143. The number of aliphatic hydroxyl groups excluding tert-OH is 2. The number of sulfonamides is 1. The molecule has 3 N–H and O–H groups in total. The number of rotatable bonds is 5. The van der Waals surface area contributed by atoms with E-state index in [1.807, 2.05) is 0 Å². The molecule has 1 rings (SSSR count). The third-order valence-electron chi connectivity index (χ3n) is 2.11. The normalized spacial score (nSPS) is 11.5. The Hall–Kier alpha value is -1.17. The van der Waals surface area contributed by atoms with Crippen molar-refractivity contribution in [1.29, 1.82) is 5.26 Å². The SMILES string of the molecule is N#Cc1ccc(Cl)c(S(=O)(=O)NC(CO)CO)c1. The predicted molar refractivity (Wildman–Crippen MR) is 64.4 cm³/mol. The summed E-state index contributed by atoms with van der Waals surface area (Å²) in [6, 6.07) is 4.58. The summed E-state index contributed by atoms with van der Waals surface area (Å²) < 4.78 is 25.9. The third kappa shape index (κ3) is 3.41. The molecule has 98 valence electrons. The van der Waals surface area contributed by atoms with Gasteiger partial charge in [0.1, 0.15) is 4.90 Å². The van der Waals surface area contributed by atoms with Crippen LogP contribution in [0.2, 0.25) is 5.02 Å². The molecule has 0 aliphatic carbocycles. The number of benzene rings is 1. The molecule has 0 radical (unpaired) electrons. The zero-order valence-corrected chi connectivity index (χ0v) is 10.7. The summed E-state index contributed by atoms with van der Waals surface area (Å²) in [4.78, 5) is -0.268. The van der Waals surface area contributed by atoms with Gasteiger partial charge >= 0.3 is 0 Å². The van der Waals surface area contributed by atoms with Gasteiger partial charge in [0.2, 0.25) is 10.0 Å². The first-order valence-electron chi connectivity index (χ1n) is 4.88. The van der Waals surface area contributed by atoms with Crippen LogP contribution in [0.5, 0.6) is 0 Å². The molecule has 0 spiro atoms. The zero-order chi connectivity index (χ0) is 13.8. The van der Waals surface area contributed by atoms with E-state index in [4.69, 9.17) is 27.1 Å². The van der Waals surface area contributed by atoms with Crippen molar-refractivity contribution in [3.05, 3.63) is 28.8 Å². The van der Waals surface area contributed by atoms with E-state index in [0.29, 0.717) is 0 Å². The van der Waals surface area contributed by atoms with Gasteiger partial charge in [-0.25, -0.2) is 13.1 Å². The molecule has 0 amide bonds. The molecule has 0 heterocycles. The number of hydrogen-bond acceptors (Lipinski definition) is 5. The Bertz CT molecular complexity index is 564. The quantitative estimate of drug-likeness (QED) is 0.698. The smallest absolute Gasteiger partial charge is 0.242 e. The molecule has 18 heavy (non-hydrogen) atoms. The van der Waals surface area contributed by atoms with Gasteiger partial charge in [0.15, 0.2) is 0 Å². The van der Waals surface area contributed by atoms with Gasteiger partial charge in [-0.15, -0.1) is 0 Å². The zero-order valence-electron chi connectivity index (χ0n) is 9.17. The van der Waals surface area contributed by atoms with Gasteiger partial charge in [-0.05, 0) is 18.2 Å². The Kier molecular flexibility index (Phi) is 5.07. The van der Waals surface area contributed by atoms with Gasteiger partial charge in [0.05, 0.1) is 35.9 Å². The molecule has 0 saturated carbocycles. The Morgan fingerprint density at radius 3 is 2.50 bits per heavy atom. The van der Waals surface area contributed by atoms with E-state index < -0.39 is 29.3 Å². The molecular weight excluding hydrogens is 280 g/mol. The van der Waals surface area contributed by atoms with Gasteiger partial charge in [-0.2, -0.15) is 5.26 Å². The second-order valence-corrected chi connectivity index (χ2v) is 5.53. The molecule has 0 aromatic heterocycles. The monoisotopic (exact) mass is 290 g/mol. The molecule has 0 saturated heterocycles. The number of aliphatic hydroxyl groups is 2. The highest BCUT2D eigenvalue weighted by atomic mass is 35.5. The highest BCUT2D eigenvalue weighted by Gasteiger charge is 2.22. The third-order valence-corrected chi connectivity index (χ3v) is 4.11. The second kappa shape index (κ2) is 6.13. The summed E-state index contributed by atoms with van der Waals surface area (Å²) in [5.74, 6) is 0. The highest BCUT2D eigenvalue weighted by Crippen LogP contribution is 2.22. The van der Waals surface area contributed by atoms with Crippen LogP contribution in [0.15, 0.2) is 23.1 Å². The average molecular weight is 291 g/mol. The Labute approximate surface area is 109 Å². The fraction of sp³-hybridized carbons (Fsp3) is 0.300. The first-order chi connectivity index (χ1) is 8.44. The first kappa shape index (κ1) is 14.9. The van der Waals surface area contributed by atoms with E-state index in [-0.39, 0.29) is 15.5 Å². The van der Waals surface area contributed by atoms with Crippen LogP contribution in [0, 0.1) is 11.3 Å². The maximum absolute atomic E-state index is 11.9. The molecule has 0 aliphatic rings. The Morgan fingerprint density at radius 2 is 2.00 bits per heavy atom. The van der Waals surface area contributed by atoms with E-state index in [0.717, 1.165) is 6.07 Å². The van der Waals surface area contributed by atoms with Crippen molar-refractivity contribution >= 4 is 21.6 Å². The maximum atomic E-state index is 11.9. The summed E-state index contributed by atoms with van der Waals surface area (Å²) in [5, 5.41) is 26.3. The molecule has 8 heteroatoms. The molecule has 0 bridgehead atoms. The Balaban J connectivity index is 3.16. The minimum atomic E-state index is -4.00. The number of nitrogens with zero attached hydrogens (tertiary/aromatic N) is 1. The molecular formula is C10H11ClN2O4S. The maximum Gasteiger partial charge on any atom is 0.242 e. The standard InChI is InChI=1S/C10H11ClN2O4S/c11-9-2-1-7(4-12)3-10(9)18(16,17)13-8(5-14)6-15/h1-3,8,13-15H,5-6H2. The van der Waals surface area contributed by atoms with Crippen LogP contribution in [0.25, 0.3) is 0 Å². The van der Waals surface area contributed by atoms with E-state index in [1.54, 1.807) is 6.07 Å². The van der Waals surface area contributed by atoms with Crippen LogP contribution in [0.4, 0.5) is 0 Å². The van der Waals surface area contributed by atoms with Crippen LogP contribution in [0.1, 0.15) is 5.56 Å². The second-order valence-electron chi connectivity index (χ2n) is 3.44. The molecule has 0 atom stereocenters. The molecule has 6 nitrogen and oxygen atoms in total. The van der Waals surface area contributed by atoms with Gasteiger partial charge < -0.3 is 10.2 Å². The lowest BCUT2D eigenvalue weighted by Crippen LogP contribution is -2.40. The highest BCUT2D eigenvalue weighted by molar-refractivity contribution is 7.89. The van der Waals surface area contributed by atoms with Crippen LogP contribution in [-0.2, 0) is 10.0 Å². The minimum absolute atomic E-state index is 0.0453. The molecule has 0 unspecified atom stereocenters. The fourth-order valence-electron chi connectivity index (χ4n) is 1.19. The lowest BCUT2D eigenvalue weighted by atomic mass is 10.2. The number of hydrogen-bond donors (Lipinski definition) is 3. The molecule has 0 aliphatic heterocycles. The molecule has 1 aromatic carbocycles. The van der Waals surface area contributed by atoms with Crippen molar-refractivity contribution in [2.75, 3.05) is 13.2 Å². The summed E-state index contributed by atoms with van der Waals surface area (Å²) in [6.07, 6.45) is 0. The van der Waals surface area contributed by atoms with Crippen molar-refractivity contribution in [3.8, 4) is 6.07 Å². The topological polar surface area (TPSA) is 110 Å². The van der Waals surface area contributed by atoms with E-state index in [1.165, 1.54) is 12.1 Å².